The Morgan fingerprint density at radius 1 is 1.54 bits per heavy atom. The monoisotopic (exact) mass is 202 g/mol. The summed E-state index contributed by atoms with van der Waals surface area (Å²) in [5.74, 6) is 0. The number of nitrogens with two attached hydrogens (primary N) is 1. The van der Waals surface area contributed by atoms with Crippen LogP contribution in [-0.4, -0.2) is 12.0 Å². The molecule has 0 radical (unpaired) electrons. The first-order valence-corrected chi connectivity index (χ1v) is 3.75. The third-order valence-electron chi connectivity index (χ3n) is 1.56. The lowest BCUT2D eigenvalue weighted by atomic mass is 10.2. The zero-order valence-electron chi connectivity index (χ0n) is 7.24. The standard InChI is InChI=1S/C8H10N2O2.ClH/c1-9-6-7-3-2-4-8(5-7)10(11)12;/h2-5,9H,6H2,1H3;1H. The second kappa shape index (κ2) is 5.50. The van der Waals surface area contributed by atoms with Crippen LogP contribution in [0.3, 0.4) is 0 Å². The number of nitrogens with zero attached hydrogens (tertiary/aromatic N) is 1. The van der Waals surface area contributed by atoms with Crippen molar-refractivity contribution in [3.63, 3.8) is 0 Å². The fraction of sp³-hybridized carbons (Fsp3) is 0.250. The molecule has 2 N–H and O–H groups in total. The molecule has 0 heterocycles. The summed E-state index contributed by atoms with van der Waals surface area (Å²) in [6.07, 6.45) is 0. The Morgan fingerprint density at radius 3 is 2.77 bits per heavy atom. The van der Waals surface area contributed by atoms with Crippen molar-refractivity contribution >= 4 is 5.69 Å². The van der Waals surface area contributed by atoms with Gasteiger partial charge in [0.15, 0.2) is 0 Å². The van der Waals surface area contributed by atoms with Crippen LogP contribution in [0.5, 0.6) is 0 Å². The second-order valence-electron chi connectivity index (χ2n) is 2.54. The summed E-state index contributed by atoms with van der Waals surface area (Å²) in [4.78, 5) is 9.98. The van der Waals surface area contributed by atoms with Crippen molar-refractivity contribution in [3.05, 3.63) is 39.9 Å². The molecule has 0 spiro atoms. The molecule has 0 aromatic heterocycles. The van der Waals surface area contributed by atoms with E-state index in [0.717, 1.165) is 12.1 Å². The highest BCUT2D eigenvalue weighted by Crippen LogP contribution is 2.11. The summed E-state index contributed by atoms with van der Waals surface area (Å²) in [5.41, 5.74) is 1.14. The Labute approximate surface area is 82.5 Å². The molecule has 72 valence electrons. The number of quaternary nitrogens is 1. The average Bonchev–Trinajstić information content (AvgIpc) is 2.05. The van der Waals surface area contributed by atoms with Gasteiger partial charge >= 0.3 is 0 Å². The second-order valence-corrected chi connectivity index (χ2v) is 2.54. The van der Waals surface area contributed by atoms with Crippen LogP contribution >= 0.6 is 0 Å². The molecule has 1 rings (SSSR count). The van der Waals surface area contributed by atoms with Crippen molar-refractivity contribution in [2.75, 3.05) is 7.05 Å². The molecule has 0 aliphatic heterocycles. The van der Waals surface area contributed by atoms with Gasteiger partial charge in [-0.2, -0.15) is 0 Å². The van der Waals surface area contributed by atoms with E-state index in [0.29, 0.717) is 0 Å². The molecular formula is C8H11ClN2O2. The molecule has 13 heavy (non-hydrogen) atoms. The Balaban J connectivity index is 0.00000144. The summed E-state index contributed by atoms with van der Waals surface area (Å²) in [6.45, 7) is 0.779. The number of nitro benzene ring substituents is 1. The molecule has 0 aliphatic carbocycles. The zero-order valence-corrected chi connectivity index (χ0v) is 7.99. The smallest absolute Gasteiger partial charge is 0.269 e. The molecule has 0 bridgehead atoms. The molecule has 0 amide bonds. The number of benzene rings is 1. The molecular weight excluding hydrogens is 192 g/mol. The summed E-state index contributed by atoms with van der Waals surface area (Å²) < 4.78 is 0. The summed E-state index contributed by atoms with van der Waals surface area (Å²) in [7, 11) is 1.93. The largest absolute Gasteiger partial charge is 1.00 e. The summed E-state index contributed by atoms with van der Waals surface area (Å²) in [6, 6.07) is 6.68. The van der Waals surface area contributed by atoms with E-state index in [1.54, 1.807) is 12.1 Å². The van der Waals surface area contributed by atoms with Crippen LogP contribution in [0.1, 0.15) is 5.56 Å². The predicted octanol–water partition coefficient (Wildman–Crippen LogP) is -2.71. The maximum Gasteiger partial charge on any atom is 0.269 e. The number of hydrogen-bond acceptors (Lipinski definition) is 2. The predicted molar refractivity (Wildman–Crippen MR) is 44.6 cm³/mol. The highest BCUT2D eigenvalue weighted by molar-refractivity contribution is 5.33. The normalized spacial score (nSPS) is 9.00. The maximum atomic E-state index is 10.4. The fourth-order valence-electron chi connectivity index (χ4n) is 1.03. The van der Waals surface area contributed by atoms with E-state index in [1.807, 2.05) is 18.4 Å². The summed E-state index contributed by atoms with van der Waals surface area (Å²) >= 11 is 0. The van der Waals surface area contributed by atoms with E-state index < -0.39 is 0 Å². The van der Waals surface area contributed by atoms with Gasteiger partial charge in [0.1, 0.15) is 6.54 Å². The number of hydrogen-bond donors (Lipinski definition) is 1. The molecule has 1 aromatic carbocycles. The van der Waals surface area contributed by atoms with Crippen molar-refractivity contribution in [2.45, 2.75) is 6.54 Å². The lowest BCUT2D eigenvalue weighted by Gasteiger charge is -1.96. The van der Waals surface area contributed by atoms with Crippen LogP contribution in [-0.2, 0) is 6.54 Å². The van der Waals surface area contributed by atoms with Crippen LogP contribution in [0, 0.1) is 10.1 Å². The van der Waals surface area contributed by atoms with E-state index in [9.17, 15) is 10.1 Å². The van der Waals surface area contributed by atoms with Gasteiger partial charge in [0, 0.05) is 17.7 Å². The van der Waals surface area contributed by atoms with Crippen molar-refractivity contribution in [1.29, 1.82) is 0 Å². The molecule has 5 heteroatoms. The maximum absolute atomic E-state index is 10.4. The van der Waals surface area contributed by atoms with E-state index in [2.05, 4.69) is 0 Å². The Kier molecular flexibility index (Phi) is 5.03. The van der Waals surface area contributed by atoms with Gasteiger partial charge in [-0.1, -0.05) is 12.1 Å². The van der Waals surface area contributed by atoms with Crippen molar-refractivity contribution in [2.24, 2.45) is 0 Å². The summed E-state index contributed by atoms with van der Waals surface area (Å²) in [5, 5.41) is 12.3. The molecule has 0 saturated carbocycles. The van der Waals surface area contributed by atoms with Gasteiger partial charge in [-0.15, -0.1) is 0 Å². The highest BCUT2D eigenvalue weighted by Gasteiger charge is 2.04. The zero-order chi connectivity index (χ0) is 8.97. The molecule has 0 fully saturated rings. The van der Waals surface area contributed by atoms with E-state index in [1.165, 1.54) is 6.07 Å². The topological polar surface area (TPSA) is 59.8 Å². The Bertz CT molecular complexity index is 291. The van der Waals surface area contributed by atoms with Crippen molar-refractivity contribution in [3.8, 4) is 0 Å². The molecule has 0 aliphatic rings. The lowest BCUT2D eigenvalue weighted by Crippen LogP contribution is -3.00. The minimum Gasteiger partial charge on any atom is -1.00 e. The molecule has 1 aromatic rings. The van der Waals surface area contributed by atoms with Gasteiger partial charge < -0.3 is 17.7 Å². The van der Waals surface area contributed by atoms with Gasteiger partial charge in [0.05, 0.1) is 12.0 Å². The highest BCUT2D eigenvalue weighted by atomic mass is 35.5. The Hall–Kier alpha value is -1.13. The fourth-order valence-corrected chi connectivity index (χ4v) is 1.03. The van der Waals surface area contributed by atoms with Gasteiger partial charge in [0.25, 0.3) is 5.69 Å². The third kappa shape index (κ3) is 3.40. The minimum atomic E-state index is -0.376. The first-order valence-electron chi connectivity index (χ1n) is 3.75. The number of halogens is 1. The third-order valence-corrected chi connectivity index (χ3v) is 1.56. The van der Waals surface area contributed by atoms with E-state index >= 15 is 0 Å². The van der Waals surface area contributed by atoms with Gasteiger partial charge in [-0.05, 0) is 0 Å². The van der Waals surface area contributed by atoms with Crippen LogP contribution in [0.4, 0.5) is 5.69 Å². The molecule has 0 atom stereocenters. The number of rotatable bonds is 3. The minimum absolute atomic E-state index is 0. The van der Waals surface area contributed by atoms with E-state index in [4.69, 9.17) is 0 Å². The van der Waals surface area contributed by atoms with Crippen LogP contribution in [0.15, 0.2) is 24.3 Å². The number of nitro groups is 1. The first kappa shape index (κ1) is 11.9. The SMILES string of the molecule is C[NH2+]Cc1cccc([N+](=O)[O-])c1.[Cl-]. The van der Waals surface area contributed by atoms with Crippen LogP contribution in [0.25, 0.3) is 0 Å². The molecule has 0 unspecified atom stereocenters. The van der Waals surface area contributed by atoms with Gasteiger partial charge in [-0.25, -0.2) is 0 Å². The molecule has 4 nitrogen and oxygen atoms in total. The quantitative estimate of drug-likeness (QED) is 0.428. The van der Waals surface area contributed by atoms with E-state index in [-0.39, 0.29) is 23.0 Å². The average molecular weight is 203 g/mol. The van der Waals surface area contributed by atoms with Crippen molar-refractivity contribution in [1.82, 2.24) is 0 Å². The van der Waals surface area contributed by atoms with Gasteiger partial charge in [0.2, 0.25) is 0 Å². The number of non-ortho nitro benzene ring substituents is 1. The van der Waals surface area contributed by atoms with Crippen LogP contribution in [0.2, 0.25) is 0 Å². The molecule has 0 saturated heterocycles. The lowest BCUT2D eigenvalue weighted by molar-refractivity contribution is -0.643. The first-order chi connectivity index (χ1) is 5.74. The van der Waals surface area contributed by atoms with Gasteiger partial charge in [-0.3, -0.25) is 10.1 Å². The van der Waals surface area contributed by atoms with Crippen molar-refractivity contribution < 1.29 is 22.6 Å². The Morgan fingerprint density at radius 2 is 2.23 bits per heavy atom. The van der Waals surface area contributed by atoms with Crippen LogP contribution < -0.4 is 17.7 Å².